The molecule has 0 saturated heterocycles. The lowest BCUT2D eigenvalue weighted by atomic mass is 9.64. The molecule has 0 aromatic rings. The predicted molar refractivity (Wildman–Crippen MR) is 53.4 cm³/mol. The van der Waals surface area contributed by atoms with E-state index in [2.05, 4.69) is 6.92 Å². The molecular formula is C11H19B. The van der Waals surface area contributed by atoms with Gasteiger partial charge in [-0.15, -0.1) is 0 Å². The maximum atomic E-state index is 5.84. The first-order valence-electron chi connectivity index (χ1n) is 5.44. The molecule has 0 aromatic carbocycles. The lowest BCUT2D eigenvalue weighted by Crippen LogP contribution is -2.28. The molecule has 2 aliphatic rings. The van der Waals surface area contributed by atoms with Crippen molar-refractivity contribution in [3.8, 4) is 0 Å². The summed E-state index contributed by atoms with van der Waals surface area (Å²) in [5.74, 6) is 2.12. The van der Waals surface area contributed by atoms with E-state index in [1.807, 2.05) is 0 Å². The molecule has 0 spiro atoms. The van der Waals surface area contributed by atoms with Crippen LogP contribution < -0.4 is 0 Å². The highest BCUT2D eigenvalue weighted by Gasteiger charge is 2.38. The Balaban J connectivity index is 2.00. The minimum absolute atomic E-state index is 0.486. The molecule has 0 nitrogen and oxygen atoms in total. The van der Waals surface area contributed by atoms with Gasteiger partial charge in [0, 0.05) is 0 Å². The van der Waals surface area contributed by atoms with E-state index in [1.54, 1.807) is 0 Å². The molecule has 2 radical (unpaired) electrons. The molecule has 2 fully saturated rings. The molecule has 2 saturated carbocycles. The topological polar surface area (TPSA) is 0 Å². The Hall–Kier alpha value is 0.0649. The van der Waals surface area contributed by atoms with Gasteiger partial charge in [-0.25, -0.2) is 0 Å². The predicted octanol–water partition coefficient (Wildman–Crippen LogP) is 3.18. The molecule has 0 amide bonds. The summed E-state index contributed by atoms with van der Waals surface area (Å²) in [5, 5.41) is 0. The van der Waals surface area contributed by atoms with E-state index in [0.717, 1.165) is 18.2 Å². The summed E-state index contributed by atoms with van der Waals surface area (Å²) in [7, 11) is 5.84. The quantitative estimate of drug-likeness (QED) is 0.519. The monoisotopic (exact) mass is 162 g/mol. The Morgan fingerprint density at radius 1 is 1.25 bits per heavy atom. The summed E-state index contributed by atoms with van der Waals surface area (Å²) in [6, 6.07) is 0. The highest BCUT2D eigenvalue weighted by atomic mass is 14.4. The van der Waals surface area contributed by atoms with Gasteiger partial charge in [0.15, 0.2) is 0 Å². The third-order valence-electron chi connectivity index (χ3n) is 4.18. The number of rotatable bonds is 1. The van der Waals surface area contributed by atoms with Crippen LogP contribution in [-0.4, -0.2) is 7.85 Å². The van der Waals surface area contributed by atoms with Gasteiger partial charge in [-0.3, -0.25) is 0 Å². The molecule has 3 atom stereocenters. The van der Waals surface area contributed by atoms with Crippen LogP contribution in [0.1, 0.15) is 45.4 Å². The maximum absolute atomic E-state index is 5.84. The Morgan fingerprint density at radius 2 is 2.00 bits per heavy atom. The van der Waals surface area contributed by atoms with Gasteiger partial charge in [0.05, 0.1) is 7.85 Å². The lowest BCUT2D eigenvalue weighted by molar-refractivity contribution is 0.130. The van der Waals surface area contributed by atoms with Gasteiger partial charge in [-0.2, -0.15) is 0 Å². The van der Waals surface area contributed by atoms with E-state index in [9.17, 15) is 0 Å². The molecule has 2 aliphatic carbocycles. The second kappa shape index (κ2) is 3.08. The first kappa shape index (κ1) is 8.65. The first-order chi connectivity index (χ1) is 5.73. The minimum Gasteiger partial charge on any atom is -0.0834 e. The maximum Gasteiger partial charge on any atom is 0.0660 e. The Labute approximate surface area is 77.5 Å². The summed E-state index contributed by atoms with van der Waals surface area (Å²) < 4.78 is 0. The van der Waals surface area contributed by atoms with E-state index in [0.29, 0.717) is 5.41 Å². The largest absolute Gasteiger partial charge is 0.0834 e. The van der Waals surface area contributed by atoms with Crippen molar-refractivity contribution in [1.82, 2.24) is 0 Å². The number of fused-ring (bicyclic) bond motifs is 1. The van der Waals surface area contributed by atoms with E-state index >= 15 is 0 Å². The van der Waals surface area contributed by atoms with Gasteiger partial charge in [-0.05, 0) is 42.9 Å². The molecule has 2 rings (SSSR count). The zero-order chi connectivity index (χ0) is 8.60. The van der Waals surface area contributed by atoms with E-state index in [4.69, 9.17) is 7.85 Å². The van der Waals surface area contributed by atoms with Crippen LogP contribution in [0.3, 0.4) is 0 Å². The van der Waals surface area contributed by atoms with Crippen molar-refractivity contribution in [2.24, 2.45) is 17.3 Å². The lowest BCUT2D eigenvalue weighted by Gasteiger charge is -2.39. The molecule has 0 aliphatic heterocycles. The van der Waals surface area contributed by atoms with Gasteiger partial charge in [0.2, 0.25) is 0 Å². The minimum atomic E-state index is 0.486. The number of hydrogen-bond acceptors (Lipinski definition) is 0. The van der Waals surface area contributed by atoms with E-state index < -0.39 is 0 Å². The van der Waals surface area contributed by atoms with Gasteiger partial charge in [0.25, 0.3) is 0 Å². The molecule has 12 heavy (non-hydrogen) atoms. The van der Waals surface area contributed by atoms with Crippen molar-refractivity contribution in [2.45, 2.75) is 51.8 Å². The first-order valence-corrected chi connectivity index (χ1v) is 5.44. The zero-order valence-electron chi connectivity index (χ0n) is 8.18. The van der Waals surface area contributed by atoms with Crippen molar-refractivity contribution < 1.29 is 0 Å². The standard InChI is InChI=1S/C11H19B/c1-11(8-12)6-2-3-9-4-5-10(9)7-11/h9-10H,2-8H2,1H3. The fraction of sp³-hybridized carbons (Fsp3) is 1.00. The second-order valence-electron chi connectivity index (χ2n) is 5.21. The van der Waals surface area contributed by atoms with E-state index in [1.165, 1.54) is 38.5 Å². The Bertz CT molecular complexity index is 166. The van der Waals surface area contributed by atoms with Crippen LogP contribution in [0.4, 0.5) is 0 Å². The van der Waals surface area contributed by atoms with Crippen LogP contribution in [0.2, 0.25) is 6.32 Å². The average Bonchev–Trinajstić information content (AvgIpc) is 2.15. The fourth-order valence-corrected chi connectivity index (χ4v) is 3.00. The normalized spacial score (nSPS) is 47.4. The van der Waals surface area contributed by atoms with Crippen LogP contribution in [0.25, 0.3) is 0 Å². The molecule has 0 bridgehead atoms. The third kappa shape index (κ3) is 1.43. The Morgan fingerprint density at radius 3 is 2.58 bits per heavy atom. The van der Waals surface area contributed by atoms with Crippen molar-refractivity contribution in [2.75, 3.05) is 0 Å². The van der Waals surface area contributed by atoms with Crippen LogP contribution in [0.5, 0.6) is 0 Å². The summed E-state index contributed by atoms with van der Waals surface area (Å²) in [6.45, 7) is 2.38. The molecular weight excluding hydrogens is 143 g/mol. The molecule has 0 aromatic heterocycles. The molecule has 3 unspecified atom stereocenters. The summed E-state index contributed by atoms with van der Waals surface area (Å²) in [6.07, 6.45) is 9.58. The van der Waals surface area contributed by atoms with Crippen LogP contribution in [-0.2, 0) is 0 Å². The Kier molecular flexibility index (Phi) is 2.22. The smallest absolute Gasteiger partial charge is 0.0660 e. The van der Waals surface area contributed by atoms with Crippen molar-refractivity contribution in [1.29, 1.82) is 0 Å². The highest BCUT2D eigenvalue weighted by Crippen LogP contribution is 2.50. The summed E-state index contributed by atoms with van der Waals surface area (Å²) in [5.41, 5.74) is 0.486. The summed E-state index contributed by atoms with van der Waals surface area (Å²) >= 11 is 0. The molecule has 0 heterocycles. The van der Waals surface area contributed by atoms with Gasteiger partial charge in [0.1, 0.15) is 0 Å². The summed E-state index contributed by atoms with van der Waals surface area (Å²) in [4.78, 5) is 0. The van der Waals surface area contributed by atoms with Crippen LogP contribution in [0.15, 0.2) is 0 Å². The molecule has 0 N–H and O–H groups in total. The molecule has 66 valence electrons. The fourth-order valence-electron chi connectivity index (χ4n) is 3.00. The highest BCUT2D eigenvalue weighted by molar-refractivity contribution is 6.08. The van der Waals surface area contributed by atoms with Gasteiger partial charge >= 0.3 is 0 Å². The van der Waals surface area contributed by atoms with E-state index in [-0.39, 0.29) is 0 Å². The van der Waals surface area contributed by atoms with Crippen LogP contribution >= 0.6 is 0 Å². The van der Waals surface area contributed by atoms with Crippen molar-refractivity contribution in [3.63, 3.8) is 0 Å². The van der Waals surface area contributed by atoms with Gasteiger partial charge < -0.3 is 0 Å². The molecule has 1 heteroatoms. The second-order valence-corrected chi connectivity index (χ2v) is 5.21. The van der Waals surface area contributed by atoms with Crippen molar-refractivity contribution in [3.05, 3.63) is 0 Å². The van der Waals surface area contributed by atoms with Crippen molar-refractivity contribution >= 4 is 7.85 Å². The zero-order valence-corrected chi connectivity index (χ0v) is 8.18. The number of hydrogen-bond donors (Lipinski definition) is 0. The third-order valence-corrected chi connectivity index (χ3v) is 4.18. The van der Waals surface area contributed by atoms with Gasteiger partial charge in [-0.1, -0.05) is 26.1 Å². The average molecular weight is 162 g/mol. The van der Waals surface area contributed by atoms with Crippen LogP contribution in [0, 0.1) is 17.3 Å². The SMILES string of the molecule is [B]CC1(C)CCCC2CCC2C1.